The number of nitriles is 1. The molecule has 5 heteroatoms. The first-order valence-electron chi connectivity index (χ1n) is 5.72. The van der Waals surface area contributed by atoms with E-state index in [0.717, 1.165) is 5.56 Å². The predicted molar refractivity (Wildman–Crippen MR) is 65.5 cm³/mol. The molecule has 0 aliphatic heterocycles. The summed E-state index contributed by atoms with van der Waals surface area (Å²) in [7, 11) is 0. The van der Waals surface area contributed by atoms with E-state index >= 15 is 0 Å². The lowest BCUT2D eigenvalue weighted by atomic mass is 10.2. The van der Waals surface area contributed by atoms with Crippen molar-refractivity contribution in [3.05, 3.63) is 35.9 Å². The van der Waals surface area contributed by atoms with Crippen LogP contribution in [0.2, 0.25) is 0 Å². The molecule has 0 aliphatic rings. The standard InChI is InChI=1S/C13H16N2O3/c14-8-6-12(16)7-9-15-13(17)18-10-11-4-2-1-3-5-11/h1-5,12,16H,6-7,9-10H2,(H,15,17). The molecule has 0 aliphatic carbocycles. The molecule has 18 heavy (non-hydrogen) atoms. The minimum atomic E-state index is -0.704. The van der Waals surface area contributed by atoms with E-state index in [9.17, 15) is 9.90 Å². The fraction of sp³-hybridized carbons (Fsp3) is 0.385. The Hall–Kier alpha value is -2.06. The van der Waals surface area contributed by atoms with E-state index in [1.165, 1.54) is 0 Å². The number of amides is 1. The van der Waals surface area contributed by atoms with Gasteiger partial charge in [-0.3, -0.25) is 0 Å². The predicted octanol–water partition coefficient (Wildman–Crippen LogP) is 1.58. The molecular formula is C13H16N2O3. The Labute approximate surface area is 106 Å². The second kappa shape index (κ2) is 8.09. The van der Waals surface area contributed by atoms with E-state index in [4.69, 9.17) is 10.00 Å². The summed E-state index contributed by atoms with van der Waals surface area (Å²) in [6, 6.07) is 11.2. The Morgan fingerprint density at radius 3 is 2.83 bits per heavy atom. The summed E-state index contributed by atoms with van der Waals surface area (Å²) in [5, 5.41) is 20.1. The summed E-state index contributed by atoms with van der Waals surface area (Å²) in [5.74, 6) is 0. The van der Waals surface area contributed by atoms with Crippen LogP contribution < -0.4 is 5.32 Å². The van der Waals surface area contributed by atoms with Crippen LogP contribution in [0.3, 0.4) is 0 Å². The second-order valence-corrected chi connectivity index (χ2v) is 3.79. The van der Waals surface area contributed by atoms with Gasteiger partial charge in [0.1, 0.15) is 6.61 Å². The van der Waals surface area contributed by atoms with Gasteiger partial charge in [0, 0.05) is 6.54 Å². The number of rotatable bonds is 6. The van der Waals surface area contributed by atoms with Crippen molar-refractivity contribution < 1.29 is 14.6 Å². The lowest BCUT2D eigenvalue weighted by molar-refractivity contribution is 0.134. The molecule has 0 spiro atoms. The molecule has 1 aromatic carbocycles. The monoisotopic (exact) mass is 248 g/mol. The topological polar surface area (TPSA) is 82.4 Å². The normalized spacial score (nSPS) is 11.3. The van der Waals surface area contributed by atoms with Gasteiger partial charge in [-0.1, -0.05) is 30.3 Å². The third kappa shape index (κ3) is 5.87. The number of ether oxygens (including phenoxy) is 1. The molecule has 0 saturated carbocycles. The first kappa shape index (κ1) is 14.0. The quantitative estimate of drug-likeness (QED) is 0.800. The third-order valence-electron chi connectivity index (χ3n) is 2.29. The molecule has 1 rings (SSSR count). The maximum atomic E-state index is 11.3. The van der Waals surface area contributed by atoms with Crippen molar-refractivity contribution in [1.82, 2.24) is 5.32 Å². The first-order chi connectivity index (χ1) is 8.72. The lowest BCUT2D eigenvalue weighted by Gasteiger charge is -2.08. The Bertz CT molecular complexity index is 400. The van der Waals surface area contributed by atoms with Gasteiger partial charge in [-0.05, 0) is 12.0 Å². The molecule has 0 aromatic heterocycles. The Morgan fingerprint density at radius 1 is 1.44 bits per heavy atom. The van der Waals surface area contributed by atoms with Gasteiger partial charge < -0.3 is 15.2 Å². The average molecular weight is 248 g/mol. The van der Waals surface area contributed by atoms with Crippen LogP contribution in [0.25, 0.3) is 0 Å². The zero-order valence-electron chi connectivity index (χ0n) is 10.0. The van der Waals surface area contributed by atoms with Crippen LogP contribution in [0.5, 0.6) is 0 Å². The van der Waals surface area contributed by atoms with E-state index in [2.05, 4.69) is 5.32 Å². The van der Waals surface area contributed by atoms with Crippen molar-refractivity contribution in [2.45, 2.75) is 25.6 Å². The molecule has 0 heterocycles. The number of carbonyl (C=O) groups excluding carboxylic acids is 1. The summed E-state index contributed by atoms with van der Waals surface area (Å²) >= 11 is 0. The molecule has 0 fully saturated rings. The molecule has 2 N–H and O–H groups in total. The van der Waals surface area contributed by atoms with Crippen LogP contribution in [0, 0.1) is 11.3 Å². The van der Waals surface area contributed by atoms with Crippen molar-refractivity contribution >= 4 is 6.09 Å². The van der Waals surface area contributed by atoms with E-state index in [1.54, 1.807) is 0 Å². The van der Waals surface area contributed by atoms with Crippen molar-refractivity contribution in [2.24, 2.45) is 0 Å². The SMILES string of the molecule is N#CCC(O)CCNC(=O)OCc1ccccc1. The average Bonchev–Trinajstić information content (AvgIpc) is 2.38. The largest absolute Gasteiger partial charge is 0.445 e. The first-order valence-corrected chi connectivity index (χ1v) is 5.72. The van der Waals surface area contributed by atoms with Crippen molar-refractivity contribution in [3.8, 4) is 6.07 Å². The highest BCUT2D eigenvalue weighted by Crippen LogP contribution is 2.00. The molecule has 0 saturated heterocycles. The third-order valence-corrected chi connectivity index (χ3v) is 2.29. The van der Waals surface area contributed by atoms with Crippen molar-refractivity contribution in [2.75, 3.05) is 6.54 Å². The maximum absolute atomic E-state index is 11.3. The number of nitrogens with one attached hydrogen (secondary N) is 1. The molecule has 1 atom stereocenters. The molecular weight excluding hydrogens is 232 g/mol. The zero-order chi connectivity index (χ0) is 13.2. The van der Waals surface area contributed by atoms with Crippen LogP contribution in [0.15, 0.2) is 30.3 Å². The number of aliphatic hydroxyl groups excluding tert-OH is 1. The summed E-state index contributed by atoms with van der Waals surface area (Å²) in [6.45, 7) is 0.504. The summed E-state index contributed by atoms with van der Waals surface area (Å²) in [4.78, 5) is 11.3. The minimum Gasteiger partial charge on any atom is -0.445 e. The molecule has 0 bridgehead atoms. The lowest BCUT2D eigenvalue weighted by Crippen LogP contribution is -2.27. The number of hydrogen-bond donors (Lipinski definition) is 2. The Kier molecular flexibility index (Phi) is 6.30. The smallest absolute Gasteiger partial charge is 0.407 e. The van der Waals surface area contributed by atoms with Gasteiger partial charge in [0.25, 0.3) is 0 Å². The van der Waals surface area contributed by atoms with Crippen LogP contribution >= 0.6 is 0 Å². The summed E-state index contributed by atoms with van der Waals surface area (Å²) < 4.78 is 4.97. The van der Waals surface area contributed by atoms with Crippen molar-refractivity contribution in [1.29, 1.82) is 5.26 Å². The molecule has 1 aromatic rings. The van der Waals surface area contributed by atoms with Gasteiger partial charge in [0.2, 0.25) is 0 Å². The fourth-order valence-corrected chi connectivity index (χ4v) is 1.32. The van der Waals surface area contributed by atoms with Crippen molar-refractivity contribution in [3.63, 3.8) is 0 Å². The highest BCUT2D eigenvalue weighted by molar-refractivity contribution is 5.67. The highest BCUT2D eigenvalue weighted by atomic mass is 16.5. The van der Waals surface area contributed by atoms with Gasteiger partial charge in [-0.25, -0.2) is 4.79 Å². The van der Waals surface area contributed by atoms with Gasteiger partial charge in [0.15, 0.2) is 0 Å². The second-order valence-electron chi connectivity index (χ2n) is 3.79. The number of aliphatic hydroxyl groups is 1. The van der Waals surface area contributed by atoms with Gasteiger partial charge in [-0.15, -0.1) is 0 Å². The number of nitrogens with zero attached hydrogens (tertiary/aromatic N) is 1. The highest BCUT2D eigenvalue weighted by Gasteiger charge is 2.05. The molecule has 96 valence electrons. The van der Waals surface area contributed by atoms with E-state index < -0.39 is 12.2 Å². The van der Waals surface area contributed by atoms with E-state index in [0.29, 0.717) is 6.42 Å². The van der Waals surface area contributed by atoms with Crippen LogP contribution in [-0.2, 0) is 11.3 Å². The minimum absolute atomic E-state index is 0.0702. The molecule has 1 amide bonds. The van der Waals surface area contributed by atoms with E-state index in [-0.39, 0.29) is 19.6 Å². The Morgan fingerprint density at radius 2 is 2.17 bits per heavy atom. The number of benzene rings is 1. The van der Waals surface area contributed by atoms with Gasteiger partial charge >= 0.3 is 6.09 Å². The molecule has 1 unspecified atom stereocenters. The molecule has 5 nitrogen and oxygen atoms in total. The number of alkyl carbamates (subject to hydrolysis) is 1. The summed E-state index contributed by atoms with van der Waals surface area (Å²) in [6.07, 6.45) is -0.818. The maximum Gasteiger partial charge on any atom is 0.407 e. The van der Waals surface area contributed by atoms with Gasteiger partial charge in [-0.2, -0.15) is 5.26 Å². The number of hydrogen-bond acceptors (Lipinski definition) is 4. The number of carbonyl (C=O) groups is 1. The van der Waals surface area contributed by atoms with Crippen LogP contribution in [0.4, 0.5) is 4.79 Å². The molecule has 0 radical (unpaired) electrons. The zero-order valence-corrected chi connectivity index (χ0v) is 10.0. The Balaban J connectivity index is 2.13. The fourth-order valence-electron chi connectivity index (χ4n) is 1.32. The van der Waals surface area contributed by atoms with Crippen LogP contribution in [-0.4, -0.2) is 23.8 Å². The van der Waals surface area contributed by atoms with E-state index in [1.807, 2.05) is 36.4 Å². The van der Waals surface area contributed by atoms with Crippen LogP contribution in [0.1, 0.15) is 18.4 Å². The van der Waals surface area contributed by atoms with Gasteiger partial charge in [0.05, 0.1) is 18.6 Å². The summed E-state index contributed by atoms with van der Waals surface area (Å²) in [5.41, 5.74) is 0.914.